The van der Waals surface area contributed by atoms with Crippen LogP contribution in [0.1, 0.15) is 64.2 Å². The summed E-state index contributed by atoms with van der Waals surface area (Å²) in [6.07, 6.45) is 10.5. The zero-order valence-corrected chi connectivity index (χ0v) is 15.6. The Balaban J connectivity index is 1.57. The molecule has 1 aliphatic heterocycles. The molecule has 0 aromatic heterocycles. The summed E-state index contributed by atoms with van der Waals surface area (Å²) in [6, 6.07) is 0.815. The fraction of sp³-hybridized carbons (Fsp3) is 0.905. The van der Waals surface area contributed by atoms with E-state index in [-0.39, 0.29) is 11.5 Å². The maximum absolute atomic E-state index is 12.1. The van der Waals surface area contributed by atoms with E-state index in [4.69, 9.17) is 0 Å². The molecule has 4 heteroatoms. The van der Waals surface area contributed by atoms with Crippen molar-refractivity contribution in [2.45, 2.75) is 88.0 Å². The van der Waals surface area contributed by atoms with Crippen molar-refractivity contribution in [1.82, 2.24) is 10.2 Å². The standard InChI is InChI=1S/C21H34N2O2/c1-22-16-6-7-21(25)19-10-15-4-5-17(24)11-18(15)20(21,12-16)8-9-23(19)13-14-2-3-14/h14,16-17,19,22,24-25H,2-13H2,1H3/t16-,17+,19-,20-,21-/m1/s1. The summed E-state index contributed by atoms with van der Waals surface area (Å²) < 4.78 is 0. The van der Waals surface area contributed by atoms with Gasteiger partial charge in [0.1, 0.15) is 0 Å². The molecule has 4 aliphatic carbocycles. The van der Waals surface area contributed by atoms with Gasteiger partial charge in [-0.05, 0) is 83.7 Å². The van der Waals surface area contributed by atoms with E-state index in [0.29, 0.717) is 12.1 Å². The lowest BCUT2D eigenvalue weighted by molar-refractivity contribution is -0.193. The first-order valence-electron chi connectivity index (χ1n) is 10.6. The van der Waals surface area contributed by atoms with Gasteiger partial charge < -0.3 is 15.5 Å². The molecular weight excluding hydrogens is 312 g/mol. The van der Waals surface area contributed by atoms with Gasteiger partial charge in [-0.15, -0.1) is 0 Å². The number of aliphatic hydroxyl groups is 2. The molecule has 0 unspecified atom stereocenters. The van der Waals surface area contributed by atoms with Crippen molar-refractivity contribution >= 4 is 0 Å². The number of nitrogens with zero attached hydrogens (tertiary/aromatic N) is 1. The van der Waals surface area contributed by atoms with Crippen LogP contribution < -0.4 is 5.32 Å². The van der Waals surface area contributed by atoms with E-state index in [0.717, 1.165) is 63.8 Å². The van der Waals surface area contributed by atoms with E-state index >= 15 is 0 Å². The quantitative estimate of drug-likeness (QED) is 0.686. The minimum Gasteiger partial charge on any atom is -0.393 e. The largest absolute Gasteiger partial charge is 0.393 e. The van der Waals surface area contributed by atoms with Crippen LogP contribution in [-0.4, -0.2) is 59.0 Å². The van der Waals surface area contributed by atoms with Gasteiger partial charge in [-0.1, -0.05) is 11.1 Å². The number of hydrogen-bond donors (Lipinski definition) is 3. The van der Waals surface area contributed by atoms with Gasteiger partial charge in [0.2, 0.25) is 0 Å². The molecule has 2 bridgehead atoms. The maximum atomic E-state index is 12.1. The van der Waals surface area contributed by atoms with E-state index in [2.05, 4.69) is 17.3 Å². The minimum atomic E-state index is -0.580. The molecule has 1 saturated heterocycles. The molecule has 5 rings (SSSR count). The third kappa shape index (κ3) is 2.40. The smallest absolute Gasteiger partial charge is 0.0899 e. The number of nitrogens with one attached hydrogen (secondary N) is 1. The topological polar surface area (TPSA) is 55.7 Å². The maximum Gasteiger partial charge on any atom is 0.0899 e. The van der Waals surface area contributed by atoms with Crippen LogP contribution in [0.2, 0.25) is 0 Å². The summed E-state index contributed by atoms with van der Waals surface area (Å²) in [5.74, 6) is 0.883. The Morgan fingerprint density at radius 1 is 1.16 bits per heavy atom. The lowest BCUT2D eigenvalue weighted by atomic mass is 9.47. The second-order valence-electron chi connectivity index (χ2n) is 9.62. The molecule has 0 spiro atoms. The molecule has 3 N–H and O–H groups in total. The Bertz CT molecular complexity index is 586. The summed E-state index contributed by atoms with van der Waals surface area (Å²) in [6.45, 7) is 2.33. The van der Waals surface area contributed by atoms with Crippen molar-refractivity contribution in [3.8, 4) is 0 Å². The first-order valence-corrected chi connectivity index (χ1v) is 10.6. The van der Waals surface area contributed by atoms with Crippen molar-refractivity contribution in [3.05, 3.63) is 11.1 Å². The Kier molecular flexibility index (Phi) is 3.87. The lowest BCUT2D eigenvalue weighted by Crippen LogP contribution is -2.72. The van der Waals surface area contributed by atoms with Gasteiger partial charge in [0.15, 0.2) is 0 Å². The number of piperidine rings is 1. The summed E-state index contributed by atoms with van der Waals surface area (Å²) >= 11 is 0. The van der Waals surface area contributed by atoms with Gasteiger partial charge in [0, 0.05) is 24.0 Å². The first-order chi connectivity index (χ1) is 12.1. The van der Waals surface area contributed by atoms with Crippen molar-refractivity contribution in [1.29, 1.82) is 0 Å². The monoisotopic (exact) mass is 346 g/mol. The van der Waals surface area contributed by atoms with Gasteiger partial charge in [-0.25, -0.2) is 0 Å². The highest BCUT2D eigenvalue weighted by molar-refractivity contribution is 5.39. The highest BCUT2D eigenvalue weighted by atomic mass is 16.3. The fourth-order valence-electron chi connectivity index (χ4n) is 6.83. The van der Waals surface area contributed by atoms with Crippen LogP contribution in [0.15, 0.2) is 11.1 Å². The average molecular weight is 347 g/mol. The Labute approximate surface area is 151 Å². The molecule has 5 aliphatic rings. The molecule has 25 heavy (non-hydrogen) atoms. The highest BCUT2D eigenvalue weighted by Gasteiger charge is 2.65. The predicted molar refractivity (Wildman–Crippen MR) is 98.3 cm³/mol. The van der Waals surface area contributed by atoms with Gasteiger partial charge in [0.05, 0.1) is 11.7 Å². The van der Waals surface area contributed by atoms with Crippen LogP contribution in [0.25, 0.3) is 0 Å². The molecule has 5 atom stereocenters. The SMILES string of the molecule is CN[C@@H]1CC[C@@]2(O)[C@H]3CC4=C(C[C@@H](O)CC4)[C@@]2(CCN3CC2CC2)C1. The van der Waals surface area contributed by atoms with Gasteiger partial charge in [0.25, 0.3) is 0 Å². The van der Waals surface area contributed by atoms with E-state index < -0.39 is 5.60 Å². The van der Waals surface area contributed by atoms with Crippen molar-refractivity contribution < 1.29 is 10.2 Å². The zero-order chi connectivity index (χ0) is 17.2. The summed E-state index contributed by atoms with van der Waals surface area (Å²) in [4.78, 5) is 2.66. The van der Waals surface area contributed by atoms with Crippen LogP contribution in [-0.2, 0) is 0 Å². The summed E-state index contributed by atoms with van der Waals surface area (Å²) in [5, 5.41) is 26.0. The Hall–Kier alpha value is -0.420. The van der Waals surface area contributed by atoms with E-state index in [1.54, 1.807) is 5.57 Å². The van der Waals surface area contributed by atoms with Crippen molar-refractivity contribution in [3.63, 3.8) is 0 Å². The Morgan fingerprint density at radius 2 is 2.00 bits per heavy atom. The third-order valence-electron chi connectivity index (χ3n) is 8.38. The van der Waals surface area contributed by atoms with Crippen LogP contribution >= 0.6 is 0 Å². The molecule has 2 saturated carbocycles. The zero-order valence-electron chi connectivity index (χ0n) is 15.6. The highest BCUT2D eigenvalue weighted by Crippen LogP contribution is 2.63. The van der Waals surface area contributed by atoms with Crippen molar-refractivity contribution in [2.75, 3.05) is 20.1 Å². The number of hydrogen-bond acceptors (Lipinski definition) is 4. The molecule has 1 heterocycles. The summed E-state index contributed by atoms with van der Waals surface area (Å²) in [5.41, 5.74) is 2.40. The van der Waals surface area contributed by atoms with Crippen LogP contribution in [0.5, 0.6) is 0 Å². The van der Waals surface area contributed by atoms with E-state index in [1.165, 1.54) is 25.0 Å². The van der Waals surface area contributed by atoms with Crippen LogP contribution in [0, 0.1) is 11.3 Å². The number of aliphatic hydroxyl groups excluding tert-OH is 1. The van der Waals surface area contributed by atoms with Crippen LogP contribution in [0.3, 0.4) is 0 Å². The average Bonchev–Trinajstić information content (AvgIpc) is 3.41. The lowest BCUT2D eigenvalue weighted by Gasteiger charge is -2.66. The summed E-state index contributed by atoms with van der Waals surface area (Å²) in [7, 11) is 2.07. The molecular formula is C21H34N2O2. The molecule has 0 aromatic rings. The molecule has 140 valence electrons. The van der Waals surface area contributed by atoms with Gasteiger partial charge >= 0.3 is 0 Å². The second kappa shape index (κ2) is 5.79. The second-order valence-corrected chi connectivity index (χ2v) is 9.62. The minimum absolute atomic E-state index is 0.0847. The molecule has 0 amide bonds. The fourth-order valence-corrected chi connectivity index (χ4v) is 6.83. The first kappa shape index (κ1) is 16.7. The van der Waals surface area contributed by atoms with E-state index in [1.807, 2.05) is 0 Å². The van der Waals surface area contributed by atoms with E-state index in [9.17, 15) is 10.2 Å². The Morgan fingerprint density at radius 3 is 2.76 bits per heavy atom. The molecule has 4 nitrogen and oxygen atoms in total. The van der Waals surface area contributed by atoms with Crippen molar-refractivity contribution in [2.24, 2.45) is 11.3 Å². The molecule has 0 aromatic carbocycles. The molecule has 0 radical (unpaired) electrons. The van der Waals surface area contributed by atoms with Gasteiger partial charge in [-0.3, -0.25) is 4.90 Å². The van der Waals surface area contributed by atoms with Gasteiger partial charge in [-0.2, -0.15) is 0 Å². The normalized spacial score (nSPS) is 47.4. The number of likely N-dealkylation sites (tertiary alicyclic amines) is 1. The van der Waals surface area contributed by atoms with Crippen LogP contribution in [0.4, 0.5) is 0 Å². The number of rotatable bonds is 3. The third-order valence-corrected chi connectivity index (χ3v) is 8.38. The predicted octanol–water partition coefficient (Wildman–Crippen LogP) is 2.21. The molecule has 3 fully saturated rings.